The summed E-state index contributed by atoms with van der Waals surface area (Å²) >= 11 is 0. The molecule has 2 N–H and O–H groups in total. The number of hydrogen-bond acceptors (Lipinski definition) is 5. The molecule has 1 aromatic carbocycles. The highest BCUT2D eigenvalue weighted by Crippen LogP contribution is 2.11. The monoisotopic (exact) mass is 235 g/mol. The van der Waals surface area contributed by atoms with Crippen LogP contribution in [-0.4, -0.2) is 19.4 Å². The molecule has 2 aromatic rings. The van der Waals surface area contributed by atoms with Crippen LogP contribution in [-0.2, 0) is 6.54 Å². The van der Waals surface area contributed by atoms with E-state index in [4.69, 9.17) is 5.84 Å². The molecule has 0 atom stereocenters. The van der Waals surface area contributed by atoms with Crippen LogP contribution in [0.15, 0.2) is 35.4 Å². The maximum absolute atomic E-state index is 11.4. The number of non-ortho nitro benzene ring substituents is 1. The largest absolute Gasteiger partial charge is 0.364 e. The van der Waals surface area contributed by atoms with Gasteiger partial charge in [0.15, 0.2) is 0 Å². The maximum atomic E-state index is 11.4. The van der Waals surface area contributed by atoms with E-state index in [1.807, 2.05) is 0 Å². The second-order valence-electron chi connectivity index (χ2n) is 3.40. The molecule has 0 fully saturated rings. The SMILES string of the molecule is Nn1cnn(Cc2ccc([N+](=O)[O-])cc2)c1=O. The Hall–Kier alpha value is -2.64. The molecule has 0 saturated heterocycles. The molecule has 1 heterocycles. The molecular formula is C9H9N5O3. The van der Waals surface area contributed by atoms with Crippen LogP contribution in [0.1, 0.15) is 5.56 Å². The third-order valence-corrected chi connectivity index (χ3v) is 2.24. The van der Waals surface area contributed by atoms with E-state index in [0.717, 1.165) is 10.2 Å². The Bertz CT molecular complexity index is 598. The van der Waals surface area contributed by atoms with Crippen molar-refractivity contribution in [2.45, 2.75) is 6.54 Å². The molecule has 0 aliphatic heterocycles. The van der Waals surface area contributed by atoms with Gasteiger partial charge in [-0.15, -0.1) is 0 Å². The number of benzene rings is 1. The first-order valence-electron chi connectivity index (χ1n) is 4.71. The second-order valence-corrected chi connectivity index (χ2v) is 3.40. The third-order valence-electron chi connectivity index (χ3n) is 2.24. The zero-order valence-electron chi connectivity index (χ0n) is 8.68. The fraction of sp³-hybridized carbons (Fsp3) is 0.111. The smallest absolute Gasteiger partial charge is 0.334 e. The lowest BCUT2D eigenvalue weighted by atomic mass is 10.2. The predicted molar refractivity (Wildman–Crippen MR) is 58.8 cm³/mol. The van der Waals surface area contributed by atoms with Crippen LogP contribution in [0.2, 0.25) is 0 Å². The van der Waals surface area contributed by atoms with Gasteiger partial charge in [0, 0.05) is 12.1 Å². The van der Waals surface area contributed by atoms with Gasteiger partial charge in [-0.2, -0.15) is 9.77 Å². The summed E-state index contributed by atoms with van der Waals surface area (Å²) in [6.45, 7) is 0.223. The predicted octanol–water partition coefficient (Wildman–Crippen LogP) is -0.285. The van der Waals surface area contributed by atoms with Gasteiger partial charge in [0.1, 0.15) is 6.33 Å². The summed E-state index contributed by atoms with van der Waals surface area (Å²) in [6, 6.07) is 5.89. The van der Waals surface area contributed by atoms with Gasteiger partial charge >= 0.3 is 5.69 Å². The first kappa shape index (κ1) is 10.9. The molecule has 8 heteroatoms. The van der Waals surface area contributed by atoms with Crippen molar-refractivity contribution < 1.29 is 4.92 Å². The molecule has 0 aliphatic carbocycles. The molecular weight excluding hydrogens is 226 g/mol. The Balaban J connectivity index is 2.22. The van der Waals surface area contributed by atoms with E-state index in [2.05, 4.69) is 5.10 Å². The minimum absolute atomic E-state index is 0.00505. The molecule has 0 amide bonds. The average Bonchev–Trinajstić information content (AvgIpc) is 2.62. The van der Waals surface area contributed by atoms with Crippen molar-refractivity contribution in [2.24, 2.45) is 0 Å². The lowest BCUT2D eigenvalue weighted by Gasteiger charge is -1.99. The van der Waals surface area contributed by atoms with Crippen LogP contribution in [0.5, 0.6) is 0 Å². The Kier molecular flexibility index (Phi) is 2.61. The summed E-state index contributed by atoms with van der Waals surface area (Å²) in [6.07, 6.45) is 1.20. The first-order chi connectivity index (χ1) is 8.08. The van der Waals surface area contributed by atoms with E-state index >= 15 is 0 Å². The van der Waals surface area contributed by atoms with Gasteiger partial charge in [0.05, 0.1) is 11.5 Å². The van der Waals surface area contributed by atoms with Crippen molar-refractivity contribution >= 4 is 5.69 Å². The van der Waals surface area contributed by atoms with Gasteiger partial charge in [-0.3, -0.25) is 10.1 Å². The van der Waals surface area contributed by atoms with Crippen LogP contribution in [0, 0.1) is 10.1 Å². The molecule has 8 nitrogen and oxygen atoms in total. The summed E-state index contributed by atoms with van der Waals surface area (Å²) in [7, 11) is 0. The lowest BCUT2D eigenvalue weighted by Crippen LogP contribution is -2.29. The van der Waals surface area contributed by atoms with Gasteiger partial charge in [0.2, 0.25) is 0 Å². The second kappa shape index (κ2) is 4.08. The number of nitrogens with zero attached hydrogens (tertiary/aromatic N) is 4. The van der Waals surface area contributed by atoms with Gasteiger partial charge in [-0.05, 0) is 5.56 Å². The molecule has 0 spiro atoms. The van der Waals surface area contributed by atoms with Crippen LogP contribution >= 0.6 is 0 Å². The van der Waals surface area contributed by atoms with Crippen molar-refractivity contribution in [2.75, 3.05) is 5.84 Å². The van der Waals surface area contributed by atoms with E-state index < -0.39 is 10.6 Å². The molecule has 17 heavy (non-hydrogen) atoms. The Morgan fingerprint density at radius 1 is 1.35 bits per heavy atom. The fourth-order valence-corrected chi connectivity index (χ4v) is 1.35. The maximum Gasteiger partial charge on any atom is 0.364 e. The highest BCUT2D eigenvalue weighted by molar-refractivity contribution is 5.32. The van der Waals surface area contributed by atoms with Crippen molar-refractivity contribution in [3.63, 3.8) is 0 Å². The summed E-state index contributed by atoms with van der Waals surface area (Å²) in [5.74, 6) is 5.29. The van der Waals surface area contributed by atoms with Gasteiger partial charge < -0.3 is 5.84 Å². The highest BCUT2D eigenvalue weighted by atomic mass is 16.6. The number of nitro benzene ring substituents is 1. The van der Waals surface area contributed by atoms with Crippen molar-refractivity contribution in [3.05, 3.63) is 56.8 Å². The number of nitro groups is 1. The van der Waals surface area contributed by atoms with E-state index in [0.29, 0.717) is 0 Å². The highest BCUT2D eigenvalue weighted by Gasteiger charge is 2.06. The molecule has 2 rings (SSSR count). The zero-order valence-corrected chi connectivity index (χ0v) is 8.68. The molecule has 0 aliphatic rings. The minimum Gasteiger partial charge on any atom is -0.334 e. The summed E-state index contributed by atoms with van der Waals surface area (Å²) in [4.78, 5) is 21.3. The normalized spacial score (nSPS) is 10.4. The summed E-state index contributed by atoms with van der Waals surface area (Å²) in [5, 5.41) is 14.2. The van der Waals surface area contributed by atoms with Gasteiger partial charge in [0.25, 0.3) is 5.69 Å². The number of nitrogens with two attached hydrogens (primary N) is 1. The molecule has 1 aromatic heterocycles. The Morgan fingerprint density at radius 2 is 2.00 bits per heavy atom. The zero-order chi connectivity index (χ0) is 12.4. The van der Waals surface area contributed by atoms with E-state index in [1.54, 1.807) is 12.1 Å². The van der Waals surface area contributed by atoms with Crippen molar-refractivity contribution in [1.29, 1.82) is 0 Å². The number of aromatic nitrogens is 3. The van der Waals surface area contributed by atoms with E-state index in [1.165, 1.54) is 23.1 Å². The third kappa shape index (κ3) is 2.14. The van der Waals surface area contributed by atoms with E-state index in [9.17, 15) is 14.9 Å². The topological polar surface area (TPSA) is 109 Å². The minimum atomic E-state index is -0.482. The molecule has 0 saturated carbocycles. The van der Waals surface area contributed by atoms with Crippen LogP contribution in [0.4, 0.5) is 5.69 Å². The quantitative estimate of drug-likeness (QED) is 0.447. The van der Waals surface area contributed by atoms with Crippen molar-refractivity contribution in [3.8, 4) is 0 Å². The van der Waals surface area contributed by atoms with Crippen LogP contribution in [0.3, 0.4) is 0 Å². The van der Waals surface area contributed by atoms with Crippen molar-refractivity contribution in [1.82, 2.24) is 14.5 Å². The van der Waals surface area contributed by atoms with Gasteiger partial charge in [-0.25, -0.2) is 9.48 Å². The molecule has 0 bridgehead atoms. The standard InChI is InChI=1S/C9H9N5O3/c10-12-6-11-13(9(12)15)5-7-1-3-8(4-2-7)14(16)17/h1-4,6H,5,10H2. The Labute approximate surface area is 95.0 Å². The fourth-order valence-electron chi connectivity index (χ4n) is 1.35. The van der Waals surface area contributed by atoms with Crippen LogP contribution < -0.4 is 11.5 Å². The number of rotatable bonds is 3. The molecule has 0 unspecified atom stereocenters. The van der Waals surface area contributed by atoms with E-state index in [-0.39, 0.29) is 12.2 Å². The van der Waals surface area contributed by atoms with Gasteiger partial charge in [-0.1, -0.05) is 12.1 Å². The molecule has 0 radical (unpaired) electrons. The number of nitrogen functional groups attached to an aromatic ring is 1. The average molecular weight is 235 g/mol. The van der Waals surface area contributed by atoms with Crippen LogP contribution in [0.25, 0.3) is 0 Å². The lowest BCUT2D eigenvalue weighted by molar-refractivity contribution is -0.384. The summed E-state index contributed by atoms with van der Waals surface area (Å²) in [5.41, 5.74) is 0.296. The summed E-state index contributed by atoms with van der Waals surface area (Å²) < 4.78 is 2.03. The number of hydrogen-bond donors (Lipinski definition) is 1. The molecule has 88 valence electrons. The first-order valence-corrected chi connectivity index (χ1v) is 4.71. The Morgan fingerprint density at radius 3 is 2.47 bits per heavy atom.